The number of aromatic amines is 1. The molecular weight excluding hydrogens is 310 g/mol. The van der Waals surface area contributed by atoms with Crippen LogP contribution in [0, 0.1) is 0 Å². The summed E-state index contributed by atoms with van der Waals surface area (Å²) in [5, 5.41) is 13.8. The number of hydrogen-bond acceptors (Lipinski definition) is 5. The van der Waals surface area contributed by atoms with Gasteiger partial charge in [-0.05, 0) is 23.8 Å². The van der Waals surface area contributed by atoms with Gasteiger partial charge in [0.1, 0.15) is 5.75 Å². The van der Waals surface area contributed by atoms with Crippen molar-refractivity contribution < 1.29 is 9.90 Å². The van der Waals surface area contributed by atoms with E-state index in [1.807, 2.05) is 18.3 Å². The predicted molar refractivity (Wildman–Crippen MR) is 90.7 cm³/mol. The molecule has 4 rings (SSSR count). The van der Waals surface area contributed by atoms with E-state index < -0.39 is 0 Å². The number of Topliss-reactive ketones (excluding diaryl/α,β-unsaturated/α-hetero) is 1. The molecule has 3 aromatic rings. The van der Waals surface area contributed by atoms with Gasteiger partial charge >= 0.3 is 0 Å². The lowest BCUT2D eigenvalue weighted by Gasteiger charge is -2.12. The number of phenols is 1. The molecule has 0 saturated carbocycles. The second-order valence-corrected chi connectivity index (χ2v) is 6.65. The average molecular weight is 325 g/mol. The van der Waals surface area contributed by atoms with Gasteiger partial charge in [0, 0.05) is 46.9 Å². The van der Waals surface area contributed by atoms with E-state index in [4.69, 9.17) is 0 Å². The molecule has 2 aromatic heterocycles. The molecule has 1 aliphatic rings. The Morgan fingerprint density at radius 3 is 3.09 bits per heavy atom. The molecule has 1 aromatic carbocycles. The lowest BCUT2D eigenvalue weighted by Crippen LogP contribution is -2.34. The number of hydrogen-bond donors (Lipinski definition) is 3. The number of pyridine rings is 1. The first-order valence-electron chi connectivity index (χ1n) is 7.34. The highest BCUT2D eigenvalue weighted by molar-refractivity contribution is 7.99. The second-order valence-electron chi connectivity index (χ2n) is 5.52. The fourth-order valence-corrected chi connectivity index (χ4v) is 4.08. The molecule has 3 N–H and O–H groups in total. The highest BCUT2D eigenvalue weighted by Gasteiger charge is 2.32. The number of H-pyrrole nitrogens is 1. The summed E-state index contributed by atoms with van der Waals surface area (Å²) in [6.45, 7) is 0. The van der Waals surface area contributed by atoms with Crippen LogP contribution in [0.5, 0.6) is 5.75 Å². The SMILES string of the molecule is O=C(c1c[nH]c2cc(O)ccc12)C1CSC(c2cccnc2)N1. The quantitative estimate of drug-likeness (QED) is 0.646. The zero-order valence-corrected chi connectivity index (χ0v) is 13.0. The number of nitrogens with one attached hydrogen (secondary N) is 2. The van der Waals surface area contributed by atoms with Crippen LogP contribution in [0.2, 0.25) is 0 Å². The van der Waals surface area contributed by atoms with E-state index in [9.17, 15) is 9.90 Å². The van der Waals surface area contributed by atoms with Crippen LogP contribution in [0.3, 0.4) is 0 Å². The normalized spacial score (nSPS) is 20.9. The van der Waals surface area contributed by atoms with Crippen LogP contribution in [0.1, 0.15) is 21.3 Å². The van der Waals surface area contributed by atoms with Crippen LogP contribution in [-0.2, 0) is 0 Å². The zero-order chi connectivity index (χ0) is 15.8. The molecule has 0 aliphatic carbocycles. The molecule has 2 atom stereocenters. The Labute approximate surface area is 137 Å². The predicted octanol–water partition coefficient (Wildman–Crippen LogP) is 2.86. The van der Waals surface area contributed by atoms with Gasteiger partial charge in [-0.3, -0.25) is 15.1 Å². The minimum atomic E-state index is -0.224. The van der Waals surface area contributed by atoms with E-state index >= 15 is 0 Å². The largest absolute Gasteiger partial charge is 0.508 e. The Bertz CT molecular complexity index is 863. The van der Waals surface area contributed by atoms with Gasteiger partial charge < -0.3 is 10.1 Å². The number of rotatable bonds is 3. The van der Waals surface area contributed by atoms with E-state index in [-0.39, 0.29) is 22.9 Å². The molecule has 23 heavy (non-hydrogen) atoms. The summed E-state index contributed by atoms with van der Waals surface area (Å²) < 4.78 is 0. The summed E-state index contributed by atoms with van der Waals surface area (Å²) in [6, 6.07) is 8.69. The third kappa shape index (κ3) is 2.60. The van der Waals surface area contributed by atoms with Crippen molar-refractivity contribution in [2.24, 2.45) is 0 Å². The van der Waals surface area contributed by atoms with Crippen molar-refractivity contribution in [2.75, 3.05) is 5.75 Å². The van der Waals surface area contributed by atoms with E-state index in [2.05, 4.69) is 15.3 Å². The van der Waals surface area contributed by atoms with Crippen LogP contribution < -0.4 is 5.32 Å². The maximum absolute atomic E-state index is 12.8. The van der Waals surface area contributed by atoms with Gasteiger partial charge in [0.05, 0.1) is 11.4 Å². The van der Waals surface area contributed by atoms with Crippen LogP contribution in [-0.4, -0.2) is 32.7 Å². The lowest BCUT2D eigenvalue weighted by molar-refractivity contribution is 0.0957. The molecule has 5 nitrogen and oxygen atoms in total. The first kappa shape index (κ1) is 14.3. The number of aromatic nitrogens is 2. The highest BCUT2D eigenvalue weighted by Crippen LogP contribution is 2.34. The van der Waals surface area contributed by atoms with Gasteiger partial charge in [0.15, 0.2) is 5.78 Å². The van der Waals surface area contributed by atoms with E-state index in [0.717, 1.165) is 22.2 Å². The summed E-state index contributed by atoms with van der Waals surface area (Å²) in [4.78, 5) is 20.0. The first-order valence-corrected chi connectivity index (χ1v) is 8.39. The van der Waals surface area contributed by atoms with Crippen molar-refractivity contribution in [1.29, 1.82) is 0 Å². The zero-order valence-electron chi connectivity index (χ0n) is 12.2. The number of carbonyl (C=O) groups is 1. The number of thioether (sulfide) groups is 1. The van der Waals surface area contributed by atoms with Crippen molar-refractivity contribution in [3.8, 4) is 5.75 Å². The third-order valence-electron chi connectivity index (χ3n) is 4.02. The van der Waals surface area contributed by atoms with Crippen molar-refractivity contribution in [1.82, 2.24) is 15.3 Å². The summed E-state index contributed by atoms with van der Waals surface area (Å²) in [5.74, 6) is 0.980. The topological polar surface area (TPSA) is 78.0 Å². The third-order valence-corrected chi connectivity index (χ3v) is 5.28. The maximum atomic E-state index is 12.8. The standard InChI is InChI=1S/C17H15N3O2S/c21-11-3-4-12-13(8-19-14(12)6-11)16(22)15-9-23-17(20-15)10-2-1-5-18-7-10/h1-8,15,17,19-21H,9H2. The molecule has 3 heterocycles. The number of fused-ring (bicyclic) bond motifs is 1. The molecule has 2 unspecified atom stereocenters. The monoisotopic (exact) mass is 325 g/mol. The average Bonchev–Trinajstić information content (AvgIpc) is 3.22. The van der Waals surface area contributed by atoms with Gasteiger partial charge in [-0.25, -0.2) is 0 Å². The summed E-state index contributed by atoms with van der Waals surface area (Å²) >= 11 is 1.71. The fourth-order valence-electron chi connectivity index (χ4n) is 2.85. The molecule has 1 aliphatic heterocycles. The number of benzene rings is 1. The summed E-state index contributed by atoms with van der Waals surface area (Å²) in [7, 11) is 0. The van der Waals surface area contributed by atoms with Crippen LogP contribution in [0.4, 0.5) is 0 Å². The van der Waals surface area contributed by atoms with Crippen LogP contribution >= 0.6 is 11.8 Å². The number of carbonyl (C=O) groups excluding carboxylic acids is 1. The second kappa shape index (κ2) is 5.72. The number of nitrogens with zero attached hydrogens (tertiary/aromatic N) is 1. The molecule has 0 amide bonds. The van der Waals surface area contributed by atoms with Gasteiger partial charge in [0.25, 0.3) is 0 Å². The minimum absolute atomic E-state index is 0.0702. The van der Waals surface area contributed by atoms with Gasteiger partial charge in [-0.15, -0.1) is 11.8 Å². The Morgan fingerprint density at radius 2 is 2.26 bits per heavy atom. The first-order chi connectivity index (χ1) is 11.2. The molecule has 1 saturated heterocycles. The molecule has 0 spiro atoms. The van der Waals surface area contributed by atoms with E-state index in [1.54, 1.807) is 42.4 Å². The lowest BCUT2D eigenvalue weighted by atomic mass is 10.0. The van der Waals surface area contributed by atoms with Gasteiger partial charge in [-0.2, -0.15) is 0 Å². The fraction of sp³-hybridized carbons (Fsp3) is 0.176. The summed E-state index contributed by atoms with van der Waals surface area (Å²) in [5.41, 5.74) is 2.50. The van der Waals surface area contributed by atoms with Crippen molar-refractivity contribution in [2.45, 2.75) is 11.4 Å². The van der Waals surface area contributed by atoms with Crippen molar-refractivity contribution in [3.63, 3.8) is 0 Å². The summed E-state index contributed by atoms with van der Waals surface area (Å²) in [6.07, 6.45) is 5.29. The molecular formula is C17H15N3O2S. The van der Waals surface area contributed by atoms with Crippen molar-refractivity contribution in [3.05, 3.63) is 60.0 Å². The maximum Gasteiger partial charge on any atom is 0.182 e. The number of phenolic OH excluding ortho intramolecular Hbond substituents is 1. The number of ketones is 1. The van der Waals surface area contributed by atoms with Gasteiger partial charge in [0.2, 0.25) is 0 Å². The van der Waals surface area contributed by atoms with Crippen LogP contribution in [0.15, 0.2) is 48.9 Å². The molecule has 1 fully saturated rings. The van der Waals surface area contributed by atoms with E-state index in [0.29, 0.717) is 5.56 Å². The number of aromatic hydroxyl groups is 1. The molecule has 0 bridgehead atoms. The Morgan fingerprint density at radius 1 is 1.35 bits per heavy atom. The Kier molecular flexibility index (Phi) is 3.55. The molecule has 6 heteroatoms. The molecule has 0 radical (unpaired) electrons. The van der Waals surface area contributed by atoms with Crippen LogP contribution in [0.25, 0.3) is 10.9 Å². The smallest absolute Gasteiger partial charge is 0.182 e. The van der Waals surface area contributed by atoms with E-state index in [1.165, 1.54) is 0 Å². The Balaban J connectivity index is 1.57. The Hall–Kier alpha value is -2.31. The van der Waals surface area contributed by atoms with Gasteiger partial charge in [-0.1, -0.05) is 6.07 Å². The highest BCUT2D eigenvalue weighted by atomic mass is 32.2. The minimum Gasteiger partial charge on any atom is -0.508 e. The van der Waals surface area contributed by atoms with Crippen molar-refractivity contribution >= 4 is 28.4 Å². The molecule has 116 valence electrons.